The smallest absolute Gasteiger partial charge is 0.187 e. The van der Waals surface area contributed by atoms with Gasteiger partial charge in [-0.3, -0.25) is 4.79 Å². The van der Waals surface area contributed by atoms with Crippen molar-refractivity contribution in [3.63, 3.8) is 0 Å². The van der Waals surface area contributed by atoms with E-state index in [0.717, 1.165) is 5.06 Å². The minimum atomic E-state index is -2.81. The lowest BCUT2D eigenvalue weighted by Gasteiger charge is -2.23. The summed E-state index contributed by atoms with van der Waals surface area (Å²) in [5.41, 5.74) is 5.87. The van der Waals surface area contributed by atoms with Crippen LogP contribution in [0.1, 0.15) is 0 Å². The van der Waals surface area contributed by atoms with E-state index in [2.05, 4.69) is 4.28 Å². The summed E-state index contributed by atoms with van der Waals surface area (Å²) < 4.78 is 44.8. The Bertz CT molecular complexity index is 576. The van der Waals surface area contributed by atoms with Gasteiger partial charge in [0.1, 0.15) is 17.0 Å². The van der Waals surface area contributed by atoms with Gasteiger partial charge in [0.2, 0.25) is 0 Å². The highest BCUT2D eigenvalue weighted by Gasteiger charge is 2.32. The molecule has 0 spiro atoms. The normalized spacial score (nSPS) is 22.6. The fourth-order valence-corrected chi connectivity index (χ4v) is 2.45. The first kappa shape index (κ1) is 16.8. The van der Waals surface area contributed by atoms with Crippen molar-refractivity contribution in [2.75, 3.05) is 30.1 Å². The van der Waals surface area contributed by atoms with E-state index < -0.39 is 23.4 Å². The van der Waals surface area contributed by atoms with Crippen LogP contribution < -0.4 is 15.7 Å². The molecule has 1 fully saturated rings. The lowest BCUT2D eigenvalue weighted by molar-refractivity contribution is -0.117. The molecule has 0 bridgehead atoms. The van der Waals surface area contributed by atoms with E-state index in [4.69, 9.17) is 10.5 Å². The van der Waals surface area contributed by atoms with Crippen LogP contribution in [0, 0.1) is 5.82 Å². The van der Waals surface area contributed by atoms with Crippen molar-refractivity contribution in [2.24, 2.45) is 5.73 Å². The van der Waals surface area contributed by atoms with Crippen molar-refractivity contribution in [1.29, 1.82) is 0 Å². The Kier molecular flexibility index (Phi) is 5.42. The second kappa shape index (κ2) is 7.11. The predicted molar refractivity (Wildman–Crippen MR) is 75.9 cm³/mol. The third-order valence-electron chi connectivity index (χ3n) is 3.19. The summed E-state index contributed by atoms with van der Waals surface area (Å²) in [4.78, 5) is 12.6. The van der Waals surface area contributed by atoms with Crippen molar-refractivity contribution in [3.8, 4) is 0 Å². The molecule has 22 heavy (non-hydrogen) atoms. The fraction of sp³-hybridized carbons (Fsp3) is 0.417. The maximum absolute atomic E-state index is 14.1. The largest absolute Gasteiger partial charge is 0.748 e. The Hall–Kier alpha value is -1.59. The highest BCUT2D eigenvalue weighted by Crippen LogP contribution is 2.28. The van der Waals surface area contributed by atoms with Crippen LogP contribution in [0.4, 0.5) is 15.8 Å². The van der Waals surface area contributed by atoms with Gasteiger partial charge in [-0.1, -0.05) is 0 Å². The summed E-state index contributed by atoms with van der Waals surface area (Å²) in [6.07, 6.45) is -0.536. The molecule has 0 saturated carbocycles. The maximum Gasteiger partial charge on any atom is 0.187 e. The number of halogens is 1. The lowest BCUT2D eigenvalue weighted by atomic mass is 10.2. The predicted octanol–water partition coefficient (Wildman–Crippen LogP) is -0.323. The number of carbonyl (C=O) groups is 1. The molecule has 122 valence electrons. The van der Waals surface area contributed by atoms with Crippen molar-refractivity contribution in [1.82, 2.24) is 0 Å². The molecule has 1 heterocycles. The van der Waals surface area contributed by atoms with Gasteiger partial charge in [-0.15, -0.1) is 0 Å². The highest BCUT2D eigenvalue weighted by atomic mass is 32.2. The standard InChI is InChI=1S/C12H16FN3O5S/c1-15(21-22(18)19)11-3-2-8(4-10(11)13)16-6-9(5-14)20-12(16)7-17/h2-4,7,9,12H,5-6,14H2,1H3,(H,18,19)/p-1/t9-,12?/m0/s1. The van der Waals surface area contributed by atoms with Gasteiger partial charge in [0.15, 0.2) is 18.3 Å². The maximum atomic E-state index is 14.1. The molecule has 1 aromatic carbocycles. The molecule has 0 aliphatic carbocycles. The number of ether oxygens (including phenoxy) is 1. The molecule has 0 aromatic heterocycles. The SMILES string of the molecule is CN(OS(=O)[O-])c1ccc(N2C[C@H](CN)OC2C=O)cc1F. The van der Waals surface area contributed by atoms with E-state index in [0.29, 0.717) is 18.5 Å². The first-order chi connectivity index (χ1) is 10.5. The molecule has 2 N–H and O–H groups in total. The Morgan fingerprint density at radius 2 is 2.41 bits per heavy atom. The minimum absolute atomic E-state index is 0.0638. The molecule has 1 aliphatic heterocycles. The molecule has 2 rings (SSSR count). The number of hydrogen-bond donors (Lipinski definition) is 1. The van der Waals surface area contributed by atoms with Gasteiger partial charge >= 0.3 is 0 Å². The summed E-state index contributed by atoms with van der Waals surface area (Å²) >= 11 is -2.81. The second-order valence-electron chi connectivity index (χ2n) is 4.58. The Morgan fingerprint density at radius 1 is 1.68 bits per heavy atom. The Balaban J connectivity index is 2.21. The quantitative estimate of drug-likeness (QED) is 0.429. The number of nitrogens with zero attached hydrogens (tertiary/aromatic N) is 2. The van der Waals surface area contributed by atoms with E-state index in [1.807, 2.05) is 0 Å². The molecule has 1 aromatic rings. The molecule has 1 aliphatic rings. The summed E-state index contributed by atoms with van der Waals surface area (Å²) in [6, 6.07) is 4.04. The second-order valence-corrected chi connectivity index (χ2v) is 5.14. The molecule has 0 radical (unpaired) electrons. The topological polar surface area (TPSA) is 108 Å². The van der Waals surface area contributed by atoms with Crippen LogP contribution in [-0.2, 0) is 25.2 Å². The van der Waals surface area contributed by atoms with E-state index in [1.54, 1.807) is 4.90 Å². The van der Waals surface area contributed by atoms with Crippen molar-refractivity contribution in [2.45, 2.75) is 12.3 Å². The average Bonchev–Trinajstić information content (AvgIpc) is 2.89. The van der Waals surface area contributed by atoms with E-state index in [9.17, 15) is 17.9 Å². The Morgan fingerprint density at radius 3 is 2.95 bits per heavy atom. The molecular weight excluding hydrogens is 317 g/mol. The van der Waals surface area contributed by atoms with Crippen LogP contribution in [0.5, 0.6) is 0 Å². The zero-order valence-electron chi connectivity index (χ0n) is 11.7. The van der Waals surface area contributed by atoms with Gasteiger partial charge in [0, 0.05) is 25.8 Å². The first-order valence-corrected chi connectivity index (χ1v) is 7.34. The third-order valence-corrected chi connectivity index (χ3v) is 3.54. The van der Waals surface area contributed by atoms with Crippen LogP contribution in [0.2, 0.25) is 0 Å². The Labute approximate surface area is 129 Å². The van der Waals surface area contributed by atoms with Crippen LogP contribution in [0.25, 0.3) is 0 Å². The first-order valence-electron chi connectivity index (χ1n) is 6.34. The molecule has 1 saturated heterocycles. The van der Waals surface area contributed by atoms with Crippen molar-refractivity contribution in [3.05, 3.63) is 24.0 Å². The van der Waals surface area contributed by atoms with Gasteiger partial charge in [-0.2, -0.15) is 4.28 Å². The van der Waals surface area contributed by atoms with Crippen molar-refractivity contribution >= 4 is 29.0 Å². The number of aldehydes is 1. The number of carbonyl (C=O) groups excluding carboxylic acids is 1. The lowest BCUT2D eigenvalue weighted by Crippen LogP contribution is -2.31. The molecular formula is C12H15FN3O5S-. The van der Waals surface area contributed by atoms with E-state index >= 15 is 0 Å². The number of rotatable bonds is 6. The average molecular weight is 332 g/mol. The van der Waals surface area contributed by atoms with Crippen molar-refractivity contribution < 1.29 is 27.0 Å². The zero-order valence-corrected chi connectivity index (χ0v) is 12.5. The van der Waals surface area contributed by atoms with E-state index in [-0.39, 0.29) is 18.3 Å². The third kappa shape index (κ3) is 3.59. The summed E-state index contributed by atoms with van der Waals surface area (Å²) in [6.45, 7) is 0.600. The number of hydrogen-bond acceptors (Lipinski definition) is 8. The summed E-state index contributed by atoms with van der Waals surface area (Å²) in [7, 11) is 1.26. The number of hydroxylamine groups is 1. The number of benzene rings is 1. The van der Waals surface area contributed by atoms with Gasteiger partial charge in [-0.25, -0.2) is 13.7 Å². The van der Waals surface area contributed by atoms with Gasteiger partial charge in [0.25, 0.3) is 0 Å². The van der Waals surface area contributed by atoms with Crippen LogP contribution in [0.3, 0.4) is 0 Å². The summed E-state index contributed by atoms with van der Waals surface area (Å²) in [5.74, 6) is -0.703. The zero-order chi connectivity index (χ0) is 16.3. The van der Waals surface area contributed by atoms with E-state index in [1.165, 1.54) is 25.2 Å². The van der Waals surface area contributed by atoms with Crippen LogP contribution in [0.15, 0.2) is 18.2 Å². The fourth-order valence-electron chi connectivity index (χ4n) is 2.19. The summed E-state index contributed by atoms with van der Waals surface area (Å²) in [5, 5.41) is 0.780. The van der Waals surface area contributed by atoms with Gasteiger partial charge in [0.05, 0.1) is 6.10 Å². The molecule has 10 heteroatoms. The highest BCUT2D eigenvalue weighted by molar-refractivity contribution is 7.74. The number of anilines is 2. The molecule has 0 amide bonds. The molecule has 8 nitrogen and oxygen atoms in total. The minimum Gasteiger partial charge on any atom is -0.748 e. The van der Waals surface area contributed by atoms with Crippen LogP contribution >= 0.6 is 0 Å². The monoisotopic (exact) mass is 332 g/mol. The molecule has 2 unspecified atom stereocenters. The molecule has 3 atom stereocenters. The van der Waals surface area contributed by atoms with Gasteiger partial charge < -0.3 is 19.9 Å². The van der Waals surface area contributed by atoms with Gasteiger partial charge in [-0.05, 0) is 18.2 Å². The van der Waals surface area contributed by atoms with Crippen LogP contribution in [-0.4, -0.2) is 47.5 Å². The number of nitrogens with two attached hydrogens (primary N) is 1.